The summed E-state index contributed by atoms with van der Waals surface area (Å²) < 4.78 is 5.08. The zero-order valence-electron chi connectivity index (χ0n) is 11.4. The van der Waals surface area contributed by atoms with Crippen molar-refractivity contribution in [1.29, 1.82) is 0 Å². The molecule has 0 aromatic heterocycles. The third-order valence-electron chi connectivity index (χ3n) is 2.97. The van der Waals surface area contributed by atoms with Crippen LogP contribution < -0.4 is 10.2 Å². The molecule has 1 aromatic carbocycles. The predicted molar refractivity (Wildman–Crippen MR) is 73.7 cm³/mol. The highest BCUT2D eigenvalue weighted by Crippen LogP contribution is 2.18. The Morgan fingerprint density at radius 1 is 1.29 bits per heavy atom. The lowest BCUT2D eigenvalue weighted by molar-refractivity contribution is 0.206. The number of likely N-dealkylation sites (N-methyl/N-ethyl adjacent to an activating group) is 1. The van der Waals surface area contributed by atoms with Crippen molar-refractivity contribution in [2.24, 2.45) is 0 Å². The highest BCUT2D eigenvalue weighted by molar-refractivity contribution is 5.47. The molecule has 0 aliphatic carbocycles. The molecule has 0 bridgehead atoms. The number of rotatable bonds is 7. The van der Waals surface area contributed by atoms with Crippen molar-refractivity contribution in [1.82, 2.24) is 5.32 Å². The number of hydrogen-bond donors (Lipinski definition) is 1. The molecule has 0 radical (unpaired) electrons. The van der Waals surface area contributed by atoms with E-state index in [2.05, 4.69) is 55.4 Å². The van der Waals surface area contributed by atoms with E-state index in [-0.39, 0.29) is 0 Å². The number of hydrogen-bond acceptors (Lipinski definition) is 3. The van der Waals surface area contributed by atoms with E-state index in [1.165, 1.54) is 11.3 Å². The van der Waals surface area contributed by atoms with Gasteiger partial charge in [0.05, 0.1) is 6.61 Å². The Bertz CT molecular complexity index is 311. The van der Waals surface area contributed by atoms with Crippen LogP contribution in [0.4, 0.5) is 5.69 Å². The first-order valence-electron chi connectivity index (χ1n) is 6.22. The smallest absolute Gasteiger partial charge is 0.0637 e. The van der Waals surface area contributed by atoms with Gasteiger partial charge in [-0.25, -0.2) is 0 Å². The number of methoxy groups -OCH3 is 1. The lowest BCUT2D eigenvalue weighted by atomic mass is 10.1. The van der Waals surface area contributed by atoms with Crippen molar-refractivity contribution in [3.63, 3.8) is 0 Å². The van der Waals surface area contributed by atoms with Crippen molar-refractivity contribution in [2.75, 3.05) is 38.8 Å². The minimum absolute atomic E-state index is 0.415. The molecule has 0 aliphatic heterocycles. The summed E-state index contributed by atoms with van der Waals surface area (Å²) in [7, 11) is 3.82. The van der Waals surface area contributed by atoms with E-state index in [1.54, 1.807) is 7.11 Å². The van der Waals surface area contributed by atoms with Crippen molar-refractivity contribution < 1.29 is 4.74 Å². The van der Waals surface area contributed by atoms with Crippen LogP contribution in [0.25, 0.3) is 0 Å². The molecule has 0 saturated carbocycles. The summed E-state index contributed by atoms with van der Waals surface area (Å²) in [5, 5.41) is 3.41. The Hall–Kier alpha value is -1.06. The molecule has 1 N–H and O–H groups in total. The van der Waals surface area contributed by atoms with E-state index >= 15 is 0 Å². The molecule has 1 aromatic rings. The topological polar surface area (TPSA) is 24.5 Å². The molecule has 0 spiro atoms. The second-order valence-corrected chi connectivity index (χ2v) is 4.29. The Balaban J connectivity index is 2.60. The Labute approximate surface area is 105 Å². The van der Waals surface area contributed by atoms with Crippen molar-refractivity contribution in [3.8, 4) is 0 Å². The molecule has 3 nitrogen and oxygen atoms in total. The fourth-order valence-electron chi connectivity index (χ4n) is 1.80. The average Bonchev–Trinajstić information content (AvgIpc) is 2.36. The van der Waals surface area contributed by atoms with Gasteiger partial charge in [0.25, 0.3) is 0 Å². The number of nitrogens with zero attached hydrogens (tertiary/aromatic N) is 1. The molecule has 96 valence electrons. The zero-order chi connectivity index (χ0) is 12.7. The number of ether oxygens (including phenoxy) is 1. The standard InChI is InChI=1S/C14H24N2O/c1-5-15-12(2)13-6-8-14(9-7-13)16(3)10-11-17-4/h6-9,12,15H,5,10-11H2,1-4H3. The second kappa shape index (κ2) is 7.30. The summed E-state index contributed by atoms with van der Waals surface area (Å²) in [4.78, 5) is 2.20. The SMILES string of the molecule is CCNC(C)c1ccc(N(C)CCOC)cc1. The zero-order valence-corrected chi connectivity index (χ0v) is 11.4. The monoisotopic (exact) mass is 236 g/mol. The summed E-state index contributed by atoms with van der Waals surface area (Å²) >= 11 is 0. The molecule has 17 heavy (non-hydrogen) atoms. The van der Waals surface area contributed by atoms with Gasteiger partial charge in [0.1, 0.15) is 0 Å². The van der Waals surface area contributed by atoms with Crippen LogP contribution in [0.5, 0.6) is 0 Å². The third kappa shape index (κ3) is 4.36. The fourth-order valence-corrected chi connectivity index (χ4v) is 1.80. The fraction of sp³-hybridized carbons (Fsp3) is 0.571. The predicted octanol–water partition coefficient (Wildman–Crippen LogP) is 2.44. The molecule has 1 unspecified atom stereocenters. The van der Waals surface area contributed by atoms with Gasteiger partial charge >= 0.3 is 0 Å². The number of anilines is 1. The summed E-state index contributed by atoms with van der Waals surface area (Å²) in [5.74, 6) is 0. The molecule has 0 saturated heterocycles. The number of benzene rings is 1. The van der Waals surface area contributed by atoms with Crippen molar-refractivity contribution in [2.45, 2.75) is 19.9 Å². The van der Waals surface area contributed by atoms with Crippen LogP contribution in [0.3, 0.4) is 0 Å². The van der Waals surface area contributed by atoms with Gasteiger partial charge in [-0.05, 0) is 31.2 Å². The largest absolute Gasteiger partial charge is 0.383 e. The van der Waals surface area contributed by atoms with Crippen molar-refractivity contribution >= 4 is 5.69 Å². The van der Waals surface area contributed by atoms with Gasteiger partial charge in [-0.3, -0.25) is 0 Å². The van der Waals surface area contributed by atoms with Gasteiger partial charge in [0.15, 0.2) is 0 Å². The highest BCUT2D eigenvalue weighted by atomic mass is 16.5. The quantitative estimate of drug-likeness (QED) is 0.787. The van der Waals surface area contributed by atoms with E-state index in [4.69, 9.17) is 4.74 Å². The van der Waals surface area contributed by atoms with Crippen LogP contribution in [-0.2, 0) is 4.74 Å². The van der Waals surface area contributed by atoms with Crippen LogP contribution in [0.15, 0.2) is 24.3 Å². The maximum atomic E-state index is 5.08. The highest BCUT2D eigenvalue weighted by Gasteiger charge is 2.04. The molecular formula is C14H24N2O. The van der Waals surface area contributed by atoms with Gasteiger partial charge in [0.2, 0.25) is 0 Å². The maximum absolute atomic E-state index is 5.08. The Morgan fingerprint density at radius 2 is 1.94 bits per heavy atom. The normalized spacial score (nSPS) is 12.5. The van der Waals surface area contributed by atoms with Gasteiger partial charge < -0.3 is 15.0 Å². The lowest BCUT2D eigenvalue weighted by Gasteiger charge is -2.20. The summed E-state index contributed by atoms with van der Waals surface area (Å²) in [5.41, 5.74) is 2.56. The molecule has 3 heteroatoms. The van der Waals surface area contributed by atoms with E-state index in [9.17, 15) is 0 Å². The van der Waals surface area contributed by atoms with Gasteiger partial charge in [0, 0.05) is 32.4 Å². The summed E-state index contributed by atoms with van der Waals surface area (Å²) in [6.45, 7) is 6.98. The molecule has 0 aliphatic rings. The Morgan fingerprint density at radius 3 is 2.47 bits per heavy atom. The second-order valence-electron chi connectivity index (χ2n) is 4.29. The van der Waals surface area contributed by atoms with E-state index in [0.29, 0.717) is 6.04 Å². The number of nitrogens with one attached hydrogen (secondary N) is 1. The Kier molecular flexibility index (Phi) is 6.01. The first-order valence-corrected chi connectivity index (χ1v) is 6.22. The van der Waals surface area contributed by atoms with Crippen LogP contribution in [-0.4, -0.2) is 33.9 Å². The third-order valence-corrected chi connectivity index (χ3v) is 2.97. The van der Waals surface area contributed by atoms with Crippen LogP contribution in [0.2, 0.25) is 0 Å². The van der Waals surface area contributed by atoms with E-state index < -0.39 is 0 Å². The maximum Gasteiger partial charge on any atom is 0.0637 e. The molecule has 0 amide bonds. The van der Waals surface area contributed by atoms with E-state index in [1.807, 2.05) is 0 Å². The van der Waals surface area contributed by atoms with Crippen LogP contribution in [0.1, 0.15) is 25.5 Å². The summed E-state index contributed by atoms with van der Waals surface area (Å²) in [6.07, 6.45) is 0. The molecule has 0 fully saturated rings. The minimum Gasteiger partial charge on any atom is -0.383 e. The van der Waals surface area contributed by atoms with Gasteiger partial charge in [-0.15, -0.1) is 0 Å². The van der Waals surface area contributed by atoms with Crippen LogP contribution >= 0.6 is 0 Å². The van der Waals surface area contributed by atoms with Gasteiger partial charge in [-0.1, -0.05) is 19.1 Å². The first kappa shape index (κ1) is 14.0. The molecular weight excluding hydrogens is 212 g/mol. The minimum atomic E-state index is 0.415. The molecule has 0 heterocycles. The first-order chi connectivity index (χ1) is 8.19. The van der Waals surface area contributed by atoms with E-state index in [0.717, 1.165) is 19.7 Å². The molecule has 1 atom stereocenters. The van der Waals surface area contributed by atoms with Crippen LogP contribution in [0, 0.1) is 0 Å². The average molecular weight is 236 g/mol. The summed E-state index contributed by atoms with van der Waals surface area (Å²) in [6, 6.07) is 9.12. The van der Waals surface area contributed by atoms with Gasteiger partial charge in [-0.2, -0.15) is 0 Å². The molecule has 1 rings (SSSR count). The lowest BCUT2D eigenvalue weighted by Crippen LogP contribution is -2.22. The van der Waals surface area contributed by atoms with Crippen molar-refractivity contribution in [3.05, 3.63) is 29.8 Å².